The van der Waals surface area contributed by atoms with Crippen LogP contribution in [0.15, 0.2) is 101 Å². The van der Waals surface area contributed by atoms with Gasteiger partial charge in [0.05, 0.1) is 5.56 Å². The number of nitrogens with one attached hydrogen (secondary N) is 2. The Labute approximate surface area is 192 Å². The summed E-state index contributed by atoms with van der Waals surface area (Å²) in [7, 11) is 0. The molecule has 0 bridgehead atoms. The van der Waals surface area contributed by atoms with Gasteiger partial charge in [-0.05, 0) is 58.8 Å². The van der Waals surface area contributed by atoms with Gasteiger partial charge < -0.3 is 10.6 Å². The highest BCUT2D eigenvalue weighted by atomic mass is 79.9. The van der Waals surface area contributed by atoms with Gasteiger partial charge in [-0.3, -0.25) is 9.59 Å². The molecule has 0 spiro atoms. The van der Waals surface area contributed by atoms with Crippen LogP contribution < -0.4 is 10.6 Å². The van der Waals surface area contributed by atoms with Gasteiger partial charge in [-0.25, -0.2) is 4.39 Å². The summed E-state index contributed by atoms with van der Waals surface area (Å²) in [4.78, 5) is 25.7. The van der Waals surface area contributed by atoms with Gasteiger partial charge >= 0.3 is 0 Å². The molecule has 0 atom stereocenters. The normalized spacial score (nSPS) is 11.2. The minimum atomic E-state index is -0.708. The number of rotatable bonds is 5. The summed E-state index contributed by atoms with van der Waals surface area (Å²) in [5, 5.41) is 7.38. The monoisotopic (exact) mass is 488 g/mol. The SMILES string of the molecule is O=C(Nc1ccc2ccccc2c1)/C(=C/c1ccc(Br)cc1)NC(=O)c1ccccc1F. The van der Waals surface area contributed by atoms with E-state index in [2.05, 4.69) is 26.6 Å². The first-order valence-corrected chi connectivity index (χ1v) is 10.6. The first kappa shape index (κ1) is 21.5. The standard InChI is InChI=1S/C26H18BrFN2O2/c27-20-12-9-17(10-13-20)15-24(30-25(31)22-7-3-4-8-23(22)28)26(32)29-21-14-11-18-5-1-2-6-19(18)16-21/h1-16H,(H,29,32)(H,30,31)/b24-15-. The van der Waals surface area contributed by atoms with Crippen LogP contribution in [0, 0.1) is 5.82 Å². The van der Waals surface area contributed by atoms with Gasteiger partial charge in [-0.15, -0.1) is 0 Å². The second kappa shape index (κ2) is 9.58. The first-order valence-electron chi connectivity index (χ1n) is 9.83. The van der Waals surface area contributed by atoms with Crippen LogP contribution >= 0.6 is 15.9 Å². The quantitative estimate of drug-likeness (QED) is 0.331. The van der Waals surface area contributed by atoms with Crippen LogP contribution in [-0.2, 0) is 4.79 Å². The van der Waals surface area contributed by atoms with Gasteiger partial charge in [0.1, 0.15) is 11.5 Å². The smallest absolute Gasteiger partial charge is 0.272 e. The van der Waals surface area contributed by atoms with Crippen molar-refractivity contribution >= 4 is 50.3 Å². The minimum Gasteiger partial charge on any atom is -0.321 e. The molecule has 4 aromatic carbocycles. The molecule has 0 heterocycles. The molecule has 0 saturated carbocycles. The van der Waals surface area contributed by atoms with E-state index in [0.29, 0.717) is 11.3 Å². The number of carbonyl (C=O) groups is 2. The van der Waals surface area contributed by atoms with E-state index in [0.717, 1.165) is 15.2 Å². The second-order valence-electron chi connectivity index (χ2n) is 7.06. The minimum absolute atomic E-state index is 0.00580. The van der Waals surface area contributed by atoms with Gasteiger partial charge in [0, 0.05) is 10.2 Å². The molecular formula is C26H18BrFN2O2. The third-order valence-electron chi connectivity index (χ3n) is 4.80. The summed E-state index contributed by atoms with van der Waals surface area (Å²) in [5.41, 5.74) is 1.13. The summed E-state index contributed by atoms with van der Waals surface area (Å²) in [6.45, 7) is 0. The van der Waals surface area contributed by atoms with Gasteiger partial charge in [-0.2, -0.15) is 0 Å². The molecule has 4 aromatic rings. The molecule has 0 aliphatic heterocycles. The molecule has 0 aromatic heterocycles. The van der Waals surface area contributed by atoms with Gasteiger partial charge in [0.25, 0.3) is 11.8 Å². The Balaban J connectivity index is 1.64. The Bertz CT molecular complexity index is 1330. The van der Waals surface area contributed by atoms with Crippen LogP contribution in [0.3, 0.4) is 0 Å². The highest BCUT2D eigenvalue weighted by Gasteiger charge is 2.17. The third kappa shape index (κ3) is 5.10. The van der Waals surface area contributed by atoms with E-state index < -0.39 is 17.6 Å². The van der Waals surface area contributed by atoms with E-state index in [-0.39, 0.29) is 11.3 Å². The van der Waals surface area contributed by atoms with Crippen LogP contribution in [0.4, 0.5) is 10.1 Å². The van der Waals surface area contributed by atoms with Gasteiger partial charge in [-0.1, -0.05) is 70.5 Å². The summed E-state index contributed by atoms with van der Waals surface area (Å²) in [6, 6.07) is 26.2. The fraction of sp³-hybridized carbons (Fsp3) is 0. The number of benzene rings is 4. The number of fused-ring (bicyclic) bond motifs is 1. The predicted molar refractivity (Wildman–Crippen MR) is 129 cm³/mol. The lowest BCUT2D eigenvalue weighted by atomic mass is 10.1. The van der Waals surface area contributed by atoms with Crippen molar-refractivity contribution < 1.29 is 14.0 Å². The van der Waals surface area contributed by atoms with Crippen molar-refractivity contribution in [3.8, 4) is 0 Å². The molecular weight excluding hydrogens is 471 g/mol. The maximum Gasteiger partial charge on any atom is 0.272 e. The van der Waals surface area contributed by atoms with Crippen LogP contribution in [0.25, 0.3) is 16.8 Å². The van der Waals surface area contributed by atoms with Crippen molar-refractivity contribution in [2.45, 2.75) is 0 Å². The lowest BCUT2D eigenvalue weighted by Crippen LogP contribution is -2.31. The first-order chi connectivity index (χ1) is 15.5. The summed E-state index contributed by atoms with van der Waals surface area (Å²) < 4.78 is 15.0. The second-order valence-corrected chi connectivity index (χ2v) is 7.98. The van der Waals surface area contributed by atoms with Crippen LogP contribution in [0.1, 0.15) is 15.9 Å². The number of carbonyl (C=O) groups excluding carboxylic acids is 2. The van der Waals surface area contributed by atoms with Crippen LogP contribution in [0.5, 0.6) is 0 Å². The number of amides is 2. The molecule has 2 amide bonds. The fourth-order valence-electron chi connectivity index (χ4n) is 3.18. The number of anilines is 1. The molecule has 0 saturated heterocycles. The molecule has 32 heavy (non-hydrogen) atoms. The number of halogens is 2. The molecule has 158 valence electrons. The Morgan fingerprint density at radius 1 is 0.812 bits per heavy atom. The molecule has 0 fully saturated rings. The Morgan fingerprint density at radius 2 is 1.50 bits per heavy atom. The zero-order valence-electron chi connectivity index (χ0n) is 16.8. The van der Waals surface area contributed by atoms with E-state index in [1.807, 2.05) is 48.5 Å². The fourth-order valence-corrected chi connectivity index (χ4v) is 3.45. The number of hydrogen-bond acceptors (Lipinski definition) is 2. The average Bonchev–Trinajstić information content (AvgIpc) is 2.80. The molecule has 0 unspecified atom stereocenters. The lowest BCUT2D eigenvalue weighted by molar-refractivity contribution is -0.113. The topological polar surface area (TPSA) is 58.2 Å². The highest BCUT2D eigenvalue weighted by molar-refractivity contribution is 9.10. The van der Waals surface area contributed by atoms with Crippen molar-refractivity contribution in [3.05, 3.63) is 118 Å². The Hall–Kier alpha value is -3.77. The van der Waals surface area contributed by atoms with Crippen molar-refractivity contribution in [2.75, 3.05) is 5.32 Å². The maximum atomic E-state index is 14.1. The zero-order valence-corrected chi connectivity index (χ0v) is 18.4. The van der Waals surface area contributed by atoms with Crippen LogP contribution in [0.2, 0.25) is 0 Å². The molecule has 0 radical (unpaired) electrons. The highest BCUT2D eigenvalue weighted by Crippen LogP contribution is 2.20. The molecule has 4 nitrogen and oxygen atoms in total. The average molecular weight is 489 g/mol. The predicted octanol–water partition coefficient (Wildman–Crippen LogP) is 6.15. The Morgan fingerprint density at radius 3 is 2.25 bits per heavy atom. The van der Waals surface area contributed by atoms with Crippen LogP contribution in [-0.4, -0.2) is 11.8 Å². The van der Waals surface area contributed by atoms with Crippen molar-refractivity contribution in [1.82, 2.24) is 5.32 Å². The lowest BCUT2D eigenvalue weighted by Gasteiger charge is -2.12. The zero-order chi connectivity index (χ0) is 22.5. The van der Waals surface area contributed by atoms with Crippen molar-refractivity contribution in [3.63, 3.8) is 0 Å². The van der Waals surface area contributed by atoms with Crippen molar-refractivity contribution in [2.24, 2.45) is 0 Å². The molecule has 0 aliphatic carbocycles. The summed E-state index contributed by atoms with van der Waals surface area (Å²) in [6.07, 6.45) is 1.54. The molecule has 4 rings (SSSR count). The van der Waals surface area contributed by atoms with Gasteiger partial charge in [0.2, 0.25) is 0 Å². The number of hydrogen-bond donors (Lipinski definition) is 2. The van der Waals surface area contributed by atoms with E-state index in [9.17, 15) is 14.0 Å². The largest absolute Gasteiger partial charge is 0.321 e. The van der Waals surface area contributed by atoms with Gasteiger partial charge in [0.15, 0.2) is 0 Å². The summed E-state index contributed by atoms with van der Waals surface area (Å²) in [5.74, 6) is -1.89. The van der Waals surface area contributed by atoms with Crippen molar-refractivity contribution in [1.29, 1.82) is 0 Å². The van der Waals surface area contributed by atoms with E-state index in [4.69, 9.17) is 0 Å². The molecule has 0 aliphatic rings. The van der Waals surface area contributed by atoms with E-state index in [1.54, 1.807) is 30.3 Å². The van der Waals surface area contributed by atoms with E-state index >= 15 is 0 Å². The van der Waals surface area contributed by atoms with E-state index in [1.165, 1.54) is 18.2 Å². The molecule has 2 N–H and O–H groups in total. The maximum absolute atomic E-state index is 14.1. The third-order valence-corrected chi connectivity index (χ3v) is 5.33. The summed E-state index contributed by atoms with van der Waals surface area (Å²) >= 11 is 3.37. The molecule has 6 heteroatoms. The Kier molecular flexibility index (Phi) is 6.42.